The van der Waals surface area contributed by atoms with Gasteiger partial charge in [-0.05, 0) is 13.0 Å². The first-order valence-corrected chi connectivity index (χ1v) is 15.8. The van der Waals surface area contributed by atoms with Crippen LogP contribution >= 0.6 is 15.6 Å². The lowest BCUT2D eigenvalue weighted by molar-refractivity contribution is -0.765. The van der Waals surface area contributed by atoms with E-state index in [0.29, 0.717) is 0 Å². The Labute approximate surface area is 247 Å². The number of Topliss-reactive ketones (excluding diaryl/α,β-unsaturated/α-hetero) is 1. The Balaban J connectivity index is 1.27. The lowest BCUT2D eigenvalue weighted by Crippen LogP contribution is -2.46. The predicted octanol–water partition coefficient (Wildman–Crippen LogP) is -1.91. The summed E-state index contributed by atoms with van der Waals surface area (Å²) in [5, 5.41) is 42.2. The van der Waals surface area contributed by atoms with Crippen molar-refractivity contribution in [2.75, 3.05) is 18.9 Å². The standard InChI is InChI=1S/C22H28N6O14P2/c1-10(29)11-3-2-4-27(5-11)21-17(32)15(30)12(40-21)6-38-44(37,42-43(34,35)36)39-7-13-16(31)18(33)22(41-13)28-9-26-14-19(23)24-8-25-20(14)28/h2-5,8-9,12-13,15-18,21-22,30-33H,6-7H2,1H3,(H3-,23,24,25,34,35,36)/p+1. The van der Waals surface area contributed by atoms with Gasteiger partial charge in [0.2, 0.25) is 0 Å². The summed E-state index contributed by atoms with van der Waals surface area (Å²) < 4.78 is 53.1. The molecular formula is C22H29N6O14P2+. The number of fused-ring (bicyclic) bond motifs is 1. The van der Waals surface area contributed by atoms with Crippen molar-refractivity contribution < 1.29 is 71.5 Å². The van der Waals surface area contributed by atoms with Crippen LogP contribution in [0.15, 0.2) is 37.2 Å². The minimum atomic E-state index is -5.52. The summed E-state index contributed by atoms with van der Waals surface area (Å²) in [4.78, 5) is 42.3. The van der Waals surface area contributed by atoms with Crippen molar-refractivity contribution in [3.05, 3.63) is 42.7 Å². The summed E-state index contributed by atoms with van der Waals surface area (Å²) in [7, 11) is -10.7. The highest BCUT2D eigenvalue weighted by atomic mass is 31.3. The van der Waals surface area contributed by atoms with Crippen LogP contribution in [-0.2, 0) is 32.0 Å². The molecule has 20 nitrogen and oxygen atoms in total. The van der Waals surface area contributed by atoms with Crippen molar-refractivity contribution >= 4 is 38.4 Å². The molecule has 2 saturated heterocycles. The van der Waals surface area contributed by atoms with E-state index in [2.05, 4.69) is 19.3 Å². The number of hydrogen-bond donors (Lipinski definition) is 7. The number of phosphoric acid groups is 2. The van der Waals surface area contributed by atoms with Crippen LogP contribution < -0.4 is 10.3 Å². The third-order valence-corrected chi connectivity index (χ3v) is 9.44. The van der Waals surface area contributed by atoms with Crippen LogP contribution in [0.2, 0.25) is 0 Å². The molecule has 22 heteroatoms. The number of aliphatic hydroxyl groups is 4. The molecule has 0 bridgehead atoms. The molecule has 3 aromatic heterocycles. The molecule has 240 valence electrons. The van der Waals surface area contributed by atoms with Crippen molar-refractivity contribution in [2.24, 2.45) is 0 Å². The summed E-state index contributed by atoms with van der Waals surface area (Å²) in [5.41, 5.74) is 6.41. The molecule has 0 aromatic carbocycles. The van der Waals surface area contributed by atoms with Gasteiger partial charge in [-0.3, -0.25) is 18.4 Å². The Hall–Kier alpha value is -2.81. The second-order valence-corrected chi connectivity index (χ2v) is 12.9. The van der Waals surface area contributed by atoms with Crippen LogP contribution in [0.4, 0.5) is 5.82 Å². The van der Waals surface area contributed by atoms with E-state index in [1.54, 1.807) is 0 Å². The highest BCUT2D eigenvalue weighted by Crippen LogP contribution is 2.61. The average molecular weight is 663 g/mol. The van der Waals surface area contributed by atoms with Gasteiger partial charge in [-0.15, -0.1) is 0 Å². The van der Waals surface area contributed by atoms with Crippen molar-refractivity contribution in [1.29, 1.82) is 0 Å². The summed E-state index contributed by atoms with van der Waals surface area (Å²) >= 11 is 0. The molecule has 9 unspecified atom stereocenters. The molecule has 0 amide bonds. The molecule has 0 spiro atoms. The second-order valence-electron chi connectivity index (χ2n) is 9.88. The molecule has 0 saturated carbocycles. The van der Waals surface area contributed by atoms with Crippen molar-refractivity contribution in [1.82, 2.24) is 19.5 Å². The molecule has 5 rings (SSSR count). The molecule has 0 aliphatic carbocycles. The number of hydrogen-bond acceptors (Lipinski definition) is 16. The number of carbonyl (C=O) groups is 1. The molecule has 2 fully saturated rings. The molecule has 2 aliphatic heterocycles. The summed E-state index contributed by atoms with van der Waals surface area (Å²) in [6, 6.07) is 3.04. The first-order chi connectivity index (χ1) is 20.7. The Kier molecular flexibility index (Phi) is 9.28. The van der Waals surface area contributed by atoms with Crippen molar-refractivity contribution in [3.8, 4) is 0 Å². The van der Waals surface area contributed by atoms with Crippen molar-refractivity contribution in [2.45, 2.75) is 56.0 Å². The van der Waals surface area contributed by atoms with Crippen molar-refractivity contribution in [3.63, 3.8) is 0 Å². The van der Waals surface area contributed by atoms with Gasteiger partial charge in [0.05, 0.1) is 25.1 Å². The molecule has 0 radical (unpaired) electrons. The number of phosphoric ester groups is 1. The number of nitrogens with zero attached hydrogens (tertiary/aromatic N) is 5. The fourth-order valence-corrected chi connectivity index (χ4v) is 6.82. The highest BCUT2D eigenvalue weighted by molar-refractivity contribution is 7.61. The van der Waals surface area contributed by atoms with Crippen LogP contribution in [0, 0.1) is 0 Å². The van der Waals surface area contributed by atoms with E-state index >= 15 is 0 Å². The number of rotatable bonds is 11. The number of ether oxygens (including phenoxy) is 2. The number of aliphatic hydroxyl groups excluding tert-OH is 4. The number of imidazole rings is 1. The zero-order chi connectivity index (χ0) is 32.0. The average Bonchev–Trinajstić information content (AvgIpc) is 3.60. The Bertz CT molecular complexity index is 1620. The fourth-order valence-electron chi connectivity index (χ4n) is 4.67. The predicted molar refractivity (Wildman–Crippen MR) is 141 cm³/mol. The van der Waals surface area contributed by atoms with Crippen LogP contribution in [0.5, 0.6) is 0 Å². The van der Waals surface area contributed by atoms with E-state index in [9.17, 15) is 44.1 Å². The molecule has 5 heterocycles. The summed E-state index contributed by atoms with van der Waals surface area (Å²) in [6.45, 7) is -0.403. The smallest absolute Gasteiger partial charge is 0.387 e. The van der Waals surface area contributed by atoms with E-state index in [0.717, 1.165) is 6.33 Å². The molecule has 3 aromatic rings. The van der Waals surface area contributed by atoms with Crippen LogP contribution in [0.1, 0.15) is 29.7 Å². The Morgan fingerprint density at radius 2 is 1.68 bits per heavy atom. The first kappa shape index (κ1) is 32.6. The van der Waals surface area contributed by atoms with E-state index < -0.39 is 77.9 Å². The molecule has 44 heavy (non-hydrogen) atoms. The zero-order valence-corrected chi connectivity index (χ0v) is 24.4. The van der Waals surface area contributed by atoms with Gasteiger partial charge < -0.3 is 45.4 Å². The maximum atomic E-state index is 13.3. The number of carbonyl (C=O) groups excluding carboxylic acids is 1. The van der Waals surface area contributed by atoms with Gasteiger partial charge in [-0.25, -0.2) is 24.1 Å². The molecular weight excluding hydrogens is 634 g/mol. The lowest BCUT2D eigenvalue weighted by atomic mass is 10.1. The number of pyridine rings is 1. The minimum Gasteiger partial charge on any atom is -0.387 e. The van der Waals surface area contributed by atoms with Gasteiger partial charge >= 0.3 is 15.6 Å². The molecule has 8 N–H and O–H groups in total. The van der Waals surface area contributed by atoms with Gasteiger partial charge in [0.1, 0.15) is 42.4 Å². The fraction of sp³-hybridized carbons (Fsp3) is 0.500. The minimum absolute atomic E-state index is 0.0488. The largest absolute Gasteiger partial charge is 0.483 e. The van der Waals surface area contributed by atoms with Gasteiger partial charge in [0.25, 0.3) is 6.23 Å². The third-order valence-electron chi connectivity index (χ3n) is 6.86. The number of ketones is 1. The monoisotopic (exact) mass is 663 g/mol. The Morgan fingerprint density at radius 1 is 1.02 bits per heavy atom. The third kappa shape index (κ3) is 6.73. The van der Waals surface area contributed by atoms with Gasteiger partial charge in [0, 0.05) is 6.07 Å². The van der Waals surface area contributed by atoms with E-state index in [1.807, 2.05) is 0 Å². The van der Waals surface area contributed by atoms with Gasteiger partial charge in [-0.1, -0.05) is 0 Å². The zero-order valence-electron chi connectivity index (χ0n) is 22.7. The number of nitrogens with two attached hydrogens (primary N) is 1. The number of nitrogen functional groups attached to an aromatic ring is 1. The van der Waals surface area contributed by atoms with Gasteiger partial charge in [-0.2, -0.15) is 8.88 Å². The van der Waals surface area contributed by atoms with Gasteiger partial charge in [0.15, 0.2) is 42.0 Å². The van der Waals surface area contributed by atoms with Crippen LogP contribution in [0.25, 0.3) is 11.2 Å². The normalized spacial score (nSPS) is 30.5. The summed E-state index contributed by atoms with van der Waals surface area (Å²) in [6.07, 6.45) is -6.61. The molecule has 9 atom stereocenters. The van der Waals surface area contributed by atoms with E-state index in [1.165, 1.54) is 46.9 Å². The number of anilines is 1. The molecule has 2 aliphatic rings. The topological polar surface area (TPSA) is 292 Å². The number of aromatic nitrogens is 5. The maximum Gasteiger partial charge on any atom is 0.483 e. The van der Waals surface area contributed by atoms with Crippen LogP contribution in [0.3, 0.4) is 0 Å². The Morgan fingerprint density at radius 3 is 2.34 bits per heavy atom. The quantitative estimate of drug-likeness (QED) is 0.0669. The summed E-state index contributed by atoms with van der Waals surface area (Å²) in [5.74, 6) is -0.222. The lowest BCUT2D eigenvalue weighted by Gasteiger charge is -2.22. The maximum absolute atomic E-state index is 13.3. The highest BCUT2D eigenvalue weighted by Gasteiger charge is 2.51. The van der Waals surface area contributed by atoms with E-state index in [4.69, 9.17) is 24.3 Å². The SMILES string of the molecule is CC(=O)c1ccc[n+](C2OC(COP(=O)(OCC3OC(n4cnc5c(N)ncnc54)C(O)C3O)OP(=O)(O)O)C(O)C2O)c1. The van der Waals surface area contributed by atoms with E-state index in [-0.39, 0.29) is 28.3 Å². The second kappa shape index (κ2) is 12.5. The first-order valence-electron chi connectivity index (χ1n) is 12.8. The van der Waals surface area contributed by atoms with Crippen LogP contribution in [-0.4, -0.2) is 105 Å².